The first-order valence-corrected chi connectivity index (χ1v) is 14.6. The molecule has 4 fully saturated rings. The third kappa shape index (κ3) is 4.36. The van der Waals surface area contributed by atoms with Crippen molar-refractivity contribution in [2.24, 2.45) is 40.4 Å². The standard InChI is InChI=1S/C30H47F2NO3/c1-19(4-9-26(35)33-16-14-30(36,15-17-33)27(31)32)23-7-8-24-22-6-5-20-18-21(34)10-12-28(20,2)25(22)11-13-29(23,24)3/h5,19,21-25,27,34,36H,4,6-18H2,1-3H3/t19-,21+,22+,23-,24+,25+,28+,29-/m1/s1. The van der Waals surface area contributed by atoms with Crippen LogP contribution in [0.4, 0.5) is 8.78 Å². The summed E-state index contributed by atoms with van der Waals surface area (Å²) in [7, 11) is 0. The molecule has 0 radical (unpaired) electrons. The molecule has 4 aliphatic carbocycles. The number of amides is 1. The molecule has 0 aromatic heterocycles. The van der Waals surface area contributed by atoms with Gasteiger partial charge in [0, 0.05) is 19.5 Å². The third-order valence-corrected chi connectivity index (χ3v) is 12.0. The van der Waals surface area contributed by atoms with Crippen LogP contribution >= 0.6 is 0 Å². The number of carbonyl (C=O) groups is 1. The molecule has 1 saturated heterocycles. The number of likely N-dealkylation sites (tertiary alicyclic amines) is 1. The quantitative estimate of drug-likeness (QED) is 0.451. The van der Waals surface area contributed by atoms with Gasteiger partial charge in [-0.05, 0) is 111 Å². The van der Waals surface area contributed by atoms with E-state index in [0.717, 1.165) is 43.4 Å². The number of piperidine rings is 1. The lowest BCUT2D eigenvalue weighted by Gasteiger charge is -2.58. The van der Waals surface area contributed by atoms with Crippen molar-refractivity contribution in [2.75, 3.05) is 13.1 Å². The summed E-state index contributed by atoms with van der Waals surface area (Å²) in [6.07, 6.45) is 10.0. The number of hydrogen-bond acceptors (Lipinski definition) is 3. The number of aliphatic hydroxyl groups is 2. The monoisotopic (exact) mass is 507 g/mol. The van der Waals surface area contributed by atoms with Crippen LogP contribution in [0.3, 0.4) is 0 Å². The molecule has 0 spiro atoms. The number of fused-ring (bicyclic) bond motifs is 5. The molecule has 4 nitrogen and oxygen atoms in total. The predicted molar refractivity (Wildman–Crippen MR) is 136 cm³/mol. The van der Waals surface area contributed by atoms with Crippen LogP contribution in [0.5, 0.6) is 0 Å². The van der Waals surface area contributed by atoms with Gasteiger partial charge in [0.15, 0.2) is 0 Å². The van der Waals surface area contributed by atoms with Gasteiger partial charge < -0.3 is 15.1 Å². The summed E-state index contributed by atoms with van der Waals surface area (Å²) in [6.45, 7) is 7.79. The zero-order valence-corrected chi connectivity index (χ0v) is 22.5. The number of alkyl halides is 2. The Kier molecular flexibility index (Phi) is 7.11. The Morgan fingerprint density at radius 2 is 1.81 bits per heavy atom. The van der Waals surface area contributed by atoms with Gasteiger partial charge in [0.1, 0.15) is 5.60 Å². The number of carbonyl (C=O) groups excluding carboxylic acids is 1. The van der Waals surface area contributed by atoms with Gasteiger partial charge in [-0.3, -0.25) is 4.79 Å². The van der Waals surface area contributed by atoms with E-state index in [-0.39, 0.29) is 43.4 Å². The van der Waals surface area contributed by atoms with Crippen LogP contribution in [0, 0.1) is 40.4 Å². The van der Waals surface area contributed by atoms with Gasteiger partial charge in [0.05, 0.1) is 6.10 Å². The fourth-order valence-electron chi connectivity index (χ4n) is 9.69. The molecule has 0 unspecified atom stereocenters. The van der Waals surface area contributed by atoms with E-state index in [4.69, 9.17) is 0 Å². The summed E-state index contributed by atoms with van der Waals surface area (Å²) < 4.78 is 26.2. The van der Waals surface area contributed by atoms with Crippen molar-refractivity contribution in [2.45, 2.75) is 116 Å². The van der Waals surface area contributed by atoms with Crippen LogP contribution in [-0.4, -0.2) is 52.2 Å². The summed E-state index contributed by atoms with van der Waals surface area (Å²) in [6, 6.07) is 0. The lowest BCUT2D eigenvalue weighted by Crippen LogP contribution is -2.51. The van der Waals surface area contributed by atoms with Crippen LogP contribution in [0.1, 0.15) is 97.8 Å². The second kappa shape index (κ2) is 9.63. The summed E-state index contributed by atoms with van der Waals surface area (Å²) in [5.74, 6) is 3.39. The molecule has 36 heavy (non-hydrogen) atoms. The van der Waals surface area contributed by atoms with E-state index >= 15 is 0 Å². The Morgan fingerprint density at radius 1 is 1.08 bits per heavy atom. The Morgan fingerprint density at radius 3 is 2.50 bits per heavy atom. The summed E-state index contributed by atoms with van der Waals surface area (Å²) in [5, 5.41) is 20.3. The highest BCUT2D eigenvalue weighted by molar-refractivity contribution is 5.76. The first kappa shape index (κ1) is 26.6. The molecule has 3 saturated carbocycles. The van der Waals surface area contributed by atoms with Crippen LogP contribution in [-0.2, 0) is 4.79 Å². The Balaban J connectivity index is 1.19. The van der Waals surface area contributed by atoms with Crippen molar-refractivity contribution in [1.82, 2.24) is 4.90 Å². The number of halogens is 2. The average molecular weight is 508 g/mol. The van der Waals surface area contributed by atoms with Gasteiger partial charge in [0.2, 0.25) is 5.91 Å². The summed E-state index contributed by atoms with van der Waals surface area (Å²) >= 11 is 0. The molecule has 8 atom stereocenters. The largest absolute Gasteiger partial charge is 0.393 e. The van der Waals surface area contributed by atoms with Crippen molar-refractivity contribution in [3.63, 3.8) is 0 Å². The van der Waals surface area contributed by atoms with E-state index in [2.05, 4.69) is 26.8 Å². The minimum Gasteiger partial charge on any atom is -0.393 e. The molecule has 0 bridgehead atoms. The van der Waals surface area contributed by atoms with Crippen molar-refractivity contribution in [1.29, 1.82) is 0 Å². The molecule has 2 N–H and O–H groups in total. The number of rotatable bonds is 5. The van der Waals surface area contributed by atoms with Crippen molar-refractivity contribution >= 4 is 5.91 Å². The number of allylic oxidation sites excluding steroid dienone is 1. The maximum absolute atomic E-state index is 13.1. The summed E-state index contributed by atoms with van der Waals surface area (Å²) in [4.78, 5) is 14.6. The van der Waals surface area contributed by atoms with Crippen molar-refractivity contribution in [3.05, 3.63) is 11.6 Å². The van der Waals surface area contributed by atoms with Gasteiger partial charge in [-0.25, -0.2) is 8.78 Å². The lowest BCUT2D eigenvalue weighted by atomic mass is 9.47. The maximum atomic E-state index is 13.1. The fraction of sp³-hybridized carbons (Fsp3) is 0.900. The van der Waals surface area contributed by atoms with E-state index in [9.17, 15) is 23.8 Å². The van der Waals surface area contributed by atoms with Crippen molar-refractivity contribution in [3.8, 4) is 0 Å². The Labute approximate surface area is 215 Å². The molecule has 204 valence electrons. The summed E-state index contributed by atoms with van der Waals surface area (Å²) in [5.41, 5.74) is 0.195. The smallest absolute Gasteiger partial charge is 0.266 e. The highest BCUT2D eigenvalue weighted by Crippen LogP contribution is 2.67. The average Bonchev–Trinajstić information content (AvgIpc) is 3.20. The topological polar surface area (TPSA) is 60.8 Å². The van der Waals surface area contributed by atoms with Gasteiger partial charge in [-0.2, -0.15) is 0 Å². The molecule has 1 amide bonds. The maximum Gasteiger partial charge on any atom is 0.266 e. The van der Waals surface area contributed by atoms with Gasteiger partial charge in [-0.1, -0.05) is 32.4 Å². The minimum absolute atomic E-state index is 0.0368. The highest BCUT2D eigenvalue weighted by atomic mass is 19.3. The van der Waals surface area contributed by atoms with Crippen molar-refractivity contribution < 1.29 is 23.8 Å². The van der Waals surface area contributed by atoms with Crippen LogP contribution in [0.15, 0.2) is 11.6 Å². The molecular weight excluding hydrogens is 460 g/mol. The first-order chi connectivity index (χ1) is 17.0. The van der Waals surface area contributed by atoms with E-state index in [1.54, 1.807) is 4.90 Å². The number of aliphatic hydroxyl groups excluding tert-OH is 1. The number of hydrogen-bond donors (Lipinski definition) is 2. The van der Waals surface area contributed by atoms with Gasteiger partial charge in [0.25, 0.3) is 6.43 Å². The Bertz CT molecular complexity index is 868. The van der Waals surface area contributed by atoms with Crippen LogP contribution in [0.2, 0.25) is 0 Å². The number of nitrogens with zero attached hydrogens (tertiary/aromatic N) is 1. The highest BCUT2D eigenvalue weighted by Gasteiger charge is 2.59. The molecule has 6 heteroatoms. The zero-order chi connectivity index (χ0) is 25.9. The van der Waals surface area contributed by atoms with Gasteiger partial charge in [-0.15, -0.1) is 0 Å². The third-order valence-electron chi connectivity index (χ3n) is 12.0. The normalized spacial score (nSPS) is 42.8. The first-order valence-electron chi connectivity index (χ1n) is 14.6. The molecule has 5 aliphatic rings. The second-order valence-corrected chi connectivity index (χ2v) is 13.7. The second-order valence-electron chi connectivity index (χ2n) is 13.7. The molecule has 1 aliphatic heterocycles. The zero-order valence-electron chi connectivity index (χ0n) is 22.5. The minimum atomic E-state index is -2.75. The van der Waals surface area contributed by atoms with Crippen LogP contribution in [0.25, 0.3) is 0 Å². The van der Waals surface area contributed by atoms with E-state index in [0.29, 0.717) is 23.7 Å². The lowest BCUT2D eigenvalue weighted by molar-refractivity contribution is -0.147. The molecule has 0 aromatic rings. The van der Waals surface area contributed by atoms with Gasteiger partial charge >= 0.3 is 0 Å². The molecule has 5 rings (SSSR count). The van der Waals surface area contributed by atoms with E-state index in [1.807, 2.05) is 0 Å². The Hall–Kier alpha value is -1.01. The molecular formula is C30H47F2NO3. The van der Waals surface area contributed by atoms with Crippen LogP contribution < -0.4 is 0 Å². The molecule has 0 aromatic carbocycles. The molecule has 1 heterocycles. The van der Waals surface area contributed by atoms with E-state index < -0.39 is 12.0 Å². The SMILES string of the molecule is C[C@H](CCC(=O)N1CCC(O)(C(F)F)CC1)[C@H]1CC[C@H]2[C@@H]3CC=C4C[C@@H](O)CC[C@]4(C)[C@H]3CC[C@]12C. The van der Waals surface area contributed by atoms with E-state index in [1.165, 1.54) is 37.7 Å². The fourth-order valence-corrected chi connectivity index (χ4v) is 9.69. The predicted octanol–water partition coefficient (Wildman–Crippen LogP) is 5.96.